The second-order valence-corrected chi connectivity index (χ2v) is 10.8. The SMILES string of the molecule is O=C(CNC(=O)c1cccc(C(F)(F)F)c1)N[C@@H]1CCN(CCC2CCN(Cc3ccc(C(F)(F)F)cc3)CC2)C1. The molecule has 41 heavy (non-hydrogen) atoms. The lowest BCUT2D eigenvalue weighted by Gasteiger charge is -2.32. The number of nitrogens with one attached hydrogen (secondary N) is 2. The number of likely N-dealkylation sites (tertiary alicyclic amines) is 2. The van der Waals surface area contributed by atoms with Crippen molar-refractivity contribution in [3.05, 3.63) is 70.8 Å². The molecule has 6 nitrogen and oxygen atoms in total. The fourth-order valence-corrected chi connectivity index (χ4v) is 5.39. The molecule has 2 fully saturated rings. The van der Waals surface area contributed by atoms with Gasteiger partial charge in [-0.1, -0.05) is 18.2 Å². The first-order valence-electron chi connectivity index (χ1n) is 13.7. The third-order valence-electron chi connectivity index (χ3n) is 7.75. The van der Waals surface area contributed by atoms with Crippen LogP contribution in [0.1, 0.15) is 52.7 Å². The van der Waals surface area contributed by atoms with Crippen molar-refractivity contribution in [2.75, 3.05) is 39.3 Å². The molecule has 0 spiro atoms. The number of amides is 2. The molecule has 12 heteroatoms. The van der Waals surface area contributed by atoms with E-state index in [-0.39, 0.29) is 18.2 Å². The summed E-state index contributed by atoms with van der Waals surface area (Å²) >= 11 is 0. The Labute approximate surface area is 235 Å². The van der Waals surface area contributed by atoms with Crippen LogP contribution in [0.3, 0.4) is 0 Å². The van der Waals surface area contributed by atoms with Crippen LogP contribution in [0.25, 0.3) is 0 Å². The number of halogens is 6. The molecule has 0 saturated carbocycles. The smallest absolute Gasteiger partial charge is 0.350 e. The molecule has 2 amide bonds. The zero-order valence-corrected chi connectivity index (χ0v) is 22.5. The van der Waals surface area contributed by atoms with Crippen LogP contribution >= 0.6 is 0 Å². The Morgan fingerprint density at radius 1 is 0.829 bits per heavy atom. The Kier molecular flexibility index (Phi) is 9.96. The minimum atomic E-state index is -4.56. The van der Waals surface area contributed by atoms with Crippen molar-refractivity contribution in [3.8, 4) is 0 Å². The van der Waals surface area contributed by atoms with Crippen molar-refractivity contribution in [1.82, 2.24) is 20.4 Å². The summed E-state index contributed by atoms with van der Waals surface area (Å²) in [6.45, 7) is 4.55. The van der Waals surface area contributed by atoms with Crippen molar-refractivity contribution in [2.45, 2.75) is 50.6 Å². The molecule has 2 aromatic rings. The Morgan fingerprint density at radius 3 is 2.15 bits per heavy atom. The van der Waals surface area contributed by atoms with E-state index in [0.717, 1.165) is 87.8 Å². The van der Waals surface area contributed by atoms with Gasteiger partial charge in [0, 0.05) is 31.2 Å². The standard InChI is InChI=1S/C29H34F6N4O2/c30-28(31,32)23-6-4-21(5-7-23)18-38-12-8-20(9-13-38)10-14-39-15-11-25(19-39)37-26(40)17-36-27(41)22-2-1-3-24(16-22)29(33,34)35/h1-7,16,20,25H,8-15,17-19H2,(H,36,41)(H,37,40)/t25-/m1/s1. The molecule has 0 unspecified atom stereocenters. The van der Waals surface area contributed by atoms with E-state index in [4.69, 9.17) is 0 Å². The van der Waals surface area contributed by atoms with E-state index in [1.54, 1.807) is 12.1 Å². The molecular formula is C29H34F6N4O2. The first-order chi connectivity index (χ1) is 19.4. The van der Waals surface area contributed by atoms with Gasteiger partial charge in [-0.05, 0) is 87.1 Å². The van der Waals surface area contributed by atoms with Crippen LogP contribution in [0.2, 0.25) is 0 Å². The maximum atomic E-state index is 12.9. The zero-order chi connectivity index (χ0) is 29.6. The summed E-state index contributed by atoms with van der Waals surface area (Å²) in [5.41, 5.74) is -0.851. The number of carbonyl (C=O) groups is 2. The summed E-state index contributed by atoms with van der Waals surface area (Å²) in [5, 5.41) is 5.26. The molecule has 1 atom stereocenters. The number of nitrogens with zero attached hydrogens (tertiary/aromatic N) is 2. The van der Waals surface area contributed by atoms with Crippen LogP contribution in [0, 0.1) is 5.92 Å². The van der Waals surface area contributed by atoms with E-state index < -0.39 is 35.3 Å². The lowest BCUT2D eigenvalue weighted by Crippen LogP contribution is -2.43. The van der Waals surface area contributed by atoms with Gasteiger partial charge in [-0.25, -0.2) is 0 Å². The van der Waals surface area contributed by atoms with Crippen LogP contribution in [0.5, 0.6) is 0 Å². The Morgan fingerprint density at radius 2 is 1.49 bits per heavy atom. The summed E-state index contributed by atoms with van der Waals surface area (Å²) in [7, 11) is 0. The second kappa shape index (κ2) is 13.2. The number of hydrogen-bond donors (Lipinski definition) is 2. The first-order valence-corrected chi connectivity index (χ1v) is 13.7. The summed E-state index contributed by atoms with van der Waals surface area (Å²) in [6, 6.07) is 9.34. The van der Waals surface area contributed by atoms with Crippen LogP contribution in [-0.4, -0.2) is 66.9 Å². The van der Waals surface area contributed by atoms with Gasteiger partial charge in [0.05, 0.1) is 17.7 Å². The quantitative estimate of drug-likeness (QED) is 0.410. The van der Waals surface area contributed by atoms with Gasteiger partial charge in [-0.15, -0.1) is 0 Å². The average Bonchev–Trinajstić information content (AvgIpc) is 3.38. The summed E-state index contributed by atoms with van der Waals surface area (Å²) in [4.78, 5) is 29.1. The molecule has 0 aromatic heterocycles. The molecule has 4 rings (SSSR count). The Bertz CT molecular complexity index is 1180. The van der Waals surface area contributed by atoms with Gasteiger partial charge in [0.25, 0.3) is 5.91 Å². The van der Waals surface area contributed by atoms with Gasteiger partial charge in [0.15, 0.2) is 0 Å². The number of benzene rings is 2. The monoisotopic (exact) mass is 584 g/mol. The van der Waals surface area contributed by atoms with Crippen molar-refractivity contribution < 1.29 is 35.9 Å². The lowest BCUT2D eigenvalue weighted by molar-refractivity contribution is -0.138. The van der Waals surface area contributed by atoms with Gasteiger partial charge >= 0.3 is 12.4 Å². The zero-order valence-electron chi connectivity index (χ0n) is 22.5. The lowest BCUT2D eigenvalue weighted by atomic mass is 9.93. The highest BCUT2D eigenvalue weighted by Crippen LogP contribution is 2.30. The average molecular weight is 585 g/mol. The molecule has 0 radical (unpaired) electrons. The maximum absolute atomic E-state index is 12.9. The summed E-state index contributed by atoms with van der Waals surface area (Å²) in [6.07, 6.45) is -5.02. The molecule has 2 aromatic carbocycles. The normalized spacial score (nSPS) is 19.3. The van der Waals surface area contributed by atoms with E-state index >= 15 is 0 Å². The summed E-state index contributed by atoms with van der Waals surface area (Å²) in [5.74, 6) is -0.569. The highest BCUT2D eigenvalue weighted by atomic mass is 19.4. The van der Waals surface area contributed by atoms with Crippen LogP contribution in [-0.2, 0) is 23.7 Å². The third-order valence-corrected chi connectivity index (χ3v) is 7.75. The second-order valence-electron chi connectivity index (χ2n) is 10.8. The molecule has 224 valence electrons. The first kappa shape index (κ1) is 30.8. The number of piperidine rings is 1. The topological polar surface area (TPSA) is 64.7 Å². The van der Waals surface area contributed by atoms with Gasteiger partial charge in [0.2, 0.25) is 5.91 Å². The van der Waals surface area contributed by atoms with Gasteiger partial charge in [0.1, 0.15) is 0 Å². The summed E-state index contributed by atoms with van der Waals surface area (Å²) < 4.78 is 76.9. The Balaban J connectivity index is 1.10. The Hall–Kier alpha value is -3.12. The minimum absolute atomic E-state index is 0.0569. The van der Waals surface area contributed by atoms with Gasteiger partial charge in [-0.2, -0.15) is 26.3 Å². The molecule has 0 aliphatic carbocycles. The number of rotatable bonds is 9. The van der Waals surface area contributed by atoms with Crippen LogP contribution in [0.15, 0.2) is 48.5 Å². The molecule has 2 aliphatic heterocycles. The van der Waals surface area contributed by atoms with E-state index in [0.29, 0.717) is 19.0 Å². The van der Waals surface area contributed by atoms with E-state index in [1.807, 2.05) is 0 Å². The highest BCUT2D eigenvalue weighted by molar-refractivity contribution is 5.96. The van der Waals surface area contributed by atoms with Crippen molar-refractivity contribution in [2.24, 2.45) is 5.92 Å². The largest absolute Gasteiger partial charge is 0.416 e. The third kappa shape index (κ3) is 9.19. The predicted octanol–water partition coefficient (Wildman–Crippen LogP) is 4.95. The fourth-order valence-electron chi connectivity index (χ4n) is 5.39. The molecule has 2 N–H and O–H groups in total. The van der Waals surface area contributed by atoms with Crippen molar-refractivity contribution in [1.29, 1.82) is 0 Å². The van der Waals surface area contributed by atoms with Gasteiger partial charge < -0.3 is 15.5 Å². The highest BCUT2D eigenvalue weighted by Gasteiger charge is 2.32. The molecule has 0 bridgehead atoms. The van der Waals surface area contributed by atoms with E-state index in [1.165, 1.54) is 6.07 Å². The van der Waals surface area contributed by atoms with Crippen molar-refractivity contribution in [3.63, 3.8) is 0 Å². The maximum Gasteiger partial charge on any atom is 0.416 e. The predicted molar refractivity (Wildman–Crippen MR) is 141 cm³/mol. The molecule has 2 aliphatic rings. The molecular weight excluding hydrogens is 550 g/mol. The van der Waals surface area contributed by atoms with E-state index in [9.17, 15) is 35.9 Å². The van der Waals surface area contributed by atoms with Crippen LogP contribution < -0.4 is 10.6 Å². The number of hydrogen-bond acceptors (Lipinski definition) is 4. The van der Waals surface area contributed by atoms with Gasteiger partial charge in [-0.3, -0.25) is 14.5 Å². The van der Waals surface area contributed by atoms with Crippen LogP contribution in [0.4, 0.5) is 26.3 Å². The molecule has 2 saturated heterocycles. The van der Waals surface area contributed by atoms with E-state index in [2.05, 4.69) is 20.4 Å². The molecule has 2 heterocycles. The number of alkyl halides is 6. The fraction of sp³-hybridized carbons (Fsp3) is 0.517. The van der Waals surface area contributed by atoms with Crippen molar-refractivity contribution >= 4 is 11.8 Å². The minimum Gasteiger partial charge on any atom is -0.350 e. The number of carbonyl (C=O) groups excluding carboxylic acids is 2.